The second kappa shape index (κ2) is 5.38. The largest absolute Gasteiger partial charge is 0.713 e. The van der Waals surface area contributed by atoms with Gasteiger partial charge < -0.3 is 14.0 Å². The smallest absolute Gasteiger partial charge is 0.516 e. The predicted molar refractivity (Wildman–Crippen MR) is 82.1 cm³/mol. The van der Waals surface area contributed by atoms with Gasteiger partial charge >= 0.3 is 7.32 Å². The maximum absolute atomic E-state index is 5.92. The number of rotatable bonds is 4. The summed E-state index contributed by atoms with van der Waals surface area (Å²) in [5.41, 5.74) is -0.185. The van der Waals surface area contributed by atoms with Crippen LogP contribution in [0.25, 0.3) is 0 Å². The van der Waals surface area contributed by atoms with Crippen LogP contribution in [0, 0.1) is 5.41 Å². The second-order valence-electron chi connectivity index (χ2n) is 7.24. The van der Waals surface area contributed by atoms with Crippen molar-refractivity contribution in [2.45, 2.75) is 84.8 Å². The molecule has 0 aromatic carbocycles. The lowest BCUT2D eigenvalue weighted by Crippen LogP contribution is -2.41. The maximum Gasteiger partial charge on any atom is 0.713 e. The first kappa shape index (κ1) is 15.9. The molecule has 114 valence electrons. The Morgan fingerprint density at radius 3 is 2.05 bits per heavy atom. The molecule has 1 fully saturated rings. The van der Waals surface area contributed by atoms with Gasteiger partial charge in [-0.25, -0.2) is 0 Å². The minimum atomic E-state index is -0.568. The van der Waals surface area contributed by atoms with Crippen molar-refractivity contribution in [2.75, 3.05) is 0 Å². The van der Waals surface area contributed by atoms with E-state index in [0.29, 0.717) is 5.41 Å². The van der Waals surface area contributed by atoms with Gasteiger partial charge in [-0.15, -0.1) is 0 Å². The average molecular weight is 280 g/mol. The van der Waals surface area contributed by atoms with Gasteiger partial charge in [0.1, 0.15) is 0 Å². The van der Waals surface area contributed by atoms with Crippen LogP contribution in [0.5, 0.6) is 0 Å². The van der Waals surface area contributed by atoms with Crippen LogP contribution in [0.2, 0.25) is 0 Å². The second-order valence-corrected chi connectivity index (χ2v) is 7.24. The summed E-state index contributed by atoms with van der Waals surface area (Å²) < 4.78 is 17.7. The van der Waals surface area contributed by atoms with Gasteiger partial charge in [-0.05, 0) is 52.0 Å². The van der Waals surface area contributed by atoms with Crippen molar-refractivity contribution in [3.05, 3.63) is 11.8 Å². The van der Waals surface area contributed by atoms with Gasteiger partial charge in [0.15, 0.2) is 0 Å². The summed E-state index contributed by atoms with van der Waals surface area (Å²) in [4.78, 5) is 0. The molecule has 2 aliphatic rings. The summed E-state index contributed by atoms with van der Waals surface area (Å²) >= 11 is 0. The highest BCUT2D eigenvalue weighted by Gasteiger charge is 2.54. The van der Waals surface area contributed by atoms with Crippen LogP contribution in [0.15, 0.2) is 11.8 Å². The van der Waals surface area contributed by atoms with Gasteiger partial charge in [-0.2, -0.15) is 0 Å². The fourth-order valence-electron chi connectivity index (χ4n) is 2.88. The van der Waals surface area contributed by atoms with E-state index in [1.807, 2.05) is 27.7 Å². The zero-order valence-electron chi connectivity index (χ0n) is 13.9. The Labute approximate surface area is 124 Å². The van der Waals surface area contributed by atoms with Crippen LogP contribution in [0.1, 0.15) is 73.6 Å². The van der Waals surface area contributed by atoms with Gasteiger partial charge in [0.2, 0.25) is 0 Å². The van der Waals surface area contributed by atoms with Gasteiger partial charge in [0.25, 0.3) is 0 Å². The van der Waals surface area contributed by atoms with E-state index in [-0.39, 0.29) is 11.2 Å². The molecule has 0 amide bonds. The Morgan fingerprint density at radius 2 is 1.65 bits per heavy atom. The number of hydrogen-bond acceptors (Lipinski definition) is 3. The zero-order chi connectivity index (χ0) is 15.0. The minimum Gasteiger partial charge on any atom is -0.516 e. The first-order valence-electron chi connectivity index (χ1n) is 7.95. The lowest BCUT2D eigenvalue weighted by molar-refractivity contribution is 0.00578. The Balaban J connectivity index is 1.95. The lowest BCUT2D eigenvalue weighted by Gasteiger charge is -2.34. The predicted octanol–water partition coefficient (Wildman–Crippen LogP) is 4.47. The highest BCUT2D eigenvalue weighted by Crippen LogP contribution is 2.43. The molecule has 20 heavy (non-hydrogen) atoms. The molecule has 3 nitrogen and oxygen atoms in total. The summed E-state index contributed by atoms with van der Waals surface area (Å²) in [6.45, 7) is 12.8. The molecule has 4 heteroatoms. The monoisotopic (exact) mass is 280 g/mol. The van der Waals surface area contributed by atoms with Crippen LogP contribution in [0.3, 0.4) is 0 Å². The van der Waals surface area contributed by atoms with Gasteiger partial charge in [0.05, 0.1) is 17.0 Å². The molecule has 0 aromatic heterocycles. The quantitative estimate of drug-likeness (QED) is 0.711. The fraction of sp³-hybridized carbons (Fsp3) is 0.875. The summed E-state index contributed by atoms with van der Waals surface area (Å²) in [6, 6.07) is 0. The van der Waals surface area contributed by atoms with E-state index >= 15 is 0 Å². The summed E-state index contributed by atoms with van der Waals surface area (Å²) in [5, 5.41) is 0. The number of allylic oxidation sites excluding steroid dienone is 2. The standard InChI is InChI=1S/C16H29BO3/c1-7-16(8-2)11-9-13(10-12-16)18-17-19-14(3,4)15(5,6)20-17/h9H,7-8,10-12H2,1-6H3. The minimum absolute atomic E-state index is 0.330. The van der Waals surface area contributed by atoms with E-state index < -0.39 is 7.32 Å². The summed E-state index contributed by atoms with van der Waals surface area (Å²) in [5.74, 6) is 1.03. The summed E-state index contributed by atoms with van der Waals surface area (Å²) in [7, 11) is -0.568. The molecule has 1 aliphatic carbocycles. The Hall–Kier alpha value is -0.475. The van der Waals surface area contributed by atoms with Gasteiger partial charge in [0, 0.05) is 6.42 Å². The Morgan fingerprint density at radius 1 is 1.10 bits per heavy atom. The van der Waals surface area contributed by atoms with Crippen molar-refractivity contribution >= 4 is 7.32 Å². The molecule has 1 saturated heterocycles. The number of hydrogen-bond donors (Lipinski definition) is 0. The molecule has 1 aliphatic heterocycles. The third kappa shape index (κ3) is 2.91. The van der Waals surface area contributed by atoms with Crippen molar-refractivity contribution in [3.63, 3.8) is 0 Å². The molecule has 0 unspecified atom stereocenters. The molecule has 1 heterocycles. The first-order chi connectivity index (χ1) is 9.24. The zero-order valence-corrected chi connectivity index (χ0v) is 13.9. The van der Waals surface area contributed by atoms with Crippen molar-refractivity contribution in [3.8, 4) is 0 Å². The maximum atomic E-state index is 5.92. The third-order valence-electron chi connectivity index (χ3n) is 5.64. The van der Waals surface area contributed by atoms with Gasteiger partial charge in [-0.3, -0.25) is 0 Å². The van der Waals surface area contributed by atoms with Crippen LogP contribution >= 0.6 is 0 Å². The molecule has 2 rings (SSSR count). The SMILES string of the molecule is CCC1(CC)CC=C(OB2OC(C)(C)C(C)(C)O2)CC1. The van der Waals surface area contributed by atoms with Crippen molar-refractivity contribution < 1.29 is 14.0 Å². The first-order valence-corrected chi connectivity index (χ1v) is 7.95. The van der Waals surface area contributed by atoms with Crippen LogP contribution in [-0.4, -0.2) is 18.5 Å². The third-order valence-corrected chi connectivity index (χ3v) is 5.64. The van der Waals surface area contributed by atoms with E-state index in [0.717, 1.165) is 18.6 Å². The molecular weight excluding hydrogens is 251 g/mol. The molecule has 0 spiro atoms. The molecule has 0 aromatic rings. The highest BCUT2D eigenvalue weighted by molar-refractivity contribution is 6.38. The molecular formula is C16H29BO3. The topological polar surface area (TPSA) is 27.7 Å². The highest BCUT2D eigenvalue weighted by atomic mass is 16.8. The Kier molecular flexibility index (Phi) is 4.28. The van der Waals surface area contributed by atoms with Crippen molar-refractivity contribution in [2.24, 2.45) is 5.41 Å². The summed E-state index contributed by atoms with van der Waals surface area (Å²) in [6.07, 6.45) is 8.01. The normalized spacial score (nSPS) is 27.3. The van der Waals surface area contributed by atoms with E-state index in [9.17, 15) is 0 Å². The van der Waals surface area contributed by atoms with E-state index in [4.69, 9.17) is 14.0 Å². The molecule has 0 atom stereocenters. The van der Waals surface area contributed by atoms with E-state index in [2.05, 4.69) is 19.9 Å². The Bertz CT molecular complexity index is 367. The van der Waals surface area contributed by atoms with Crippen molar-refractivity contribution in [1.29, 1.82) is 0 Å². The molecule has 0 N–H and O–H groups in total. The molecule has 0 bridgehead atoms. The van der Waals surface area contributed by atoms with Crippen molar-refractivity contribution in [1.82, 2.24) is 0 Å². The lowest BCUT2D eigenvalue weighted by atomic mass is 9.72. The molecule has 0 radical (unpaired) electrons. The molecule has 0 saturated carbocycles. The average Bonchev–Trinajstić information content (AvgIpc) is 2.59. The van der Waals surface area contributed by atoms with Gasteiger partial charge in [-0.1, -0.05) is 26.7 Å². The van der Waals surface area contributed by atoms with Crippen LogP contribution in [-0.2, 0) is 14.0 Å². The fourth-order valence-corrected chi connectivity index (χ4v) is 2.88. The van der Waals surface area contributed by atoms with Crippen LogP contribution < -0.4 is 0 Å². The van der Waals surface area contributed by atoms with E-state index in [1.54, 1.807) is 0 Å². The van der Waals surface area contributed by atoms with Crippen LogP contribution in [0.4, 0.5) is 0 Å². The van der Waals surface area contributed by atoms with E-state index in [1.165, 1.54) is 19.3 Å².